The van der Waals surface area contributed by atoms with Gasteiger partial charge in [-0.1, -0.05) is 36.2 Å². The molecule has 1 nitrogen and oxygen atoms in total. The smallest absolute Gasteiger partial charge is 0.00667 e. The molecule has 0 aliphatic carbocycles. The minimum atomic E-state index is 0.763. The maximum absolute atomic E-state index is 3.47. The first kappa shape index (κ1) is 12.4. The molecule has 0 radical (unpaired) electrons. The predicted molar refractivity (Wildman–Crippen MR) is 60.0 cm³/mol. The molecule has 0 aliphatic rings. The number of hydrogen-bond donors (Lipinski definition) is 0. The Bertz CT molecular complexity index is 95.8. The zero-order valence-electron chi connectivity index (χ0n) is 8.65. The number of alkyl halides is 1. The van der Waals surface area contributed by atoms with Gasteiger partial charge in [-0.2, -0.15) is 0 Å². The average Bonchev–Trinajstić information content (AvgIpc) is 2.06. The molecule has 0 heterocycles. The van der Waals surface area contributed by atoms with Gasteiger partial charge >= 0.3 is 0 Å². The van der Waals surface area contributed by atoms with Gasteiger partial charge in [-0.25, -0.2) is 0 Å². The Balaban J connectivity index is 3.62. The van der Waals surface area contributed by atoms with Crippen molar-refractivity contribution in [1.82, 2.24) is 4.90 Å². The standard InChI is InChI=1S/C10H22BrN/c1-4-7-10(3)12(5-2)9-6-8-11/h10H,4-9H2,1-3H3. The monoisotopic (exact) mass is 235 g/mol. The van der Waals surface area contributed by atoms with Gasteiger partial charge in [0, 0.05) is 11.4 Å². The molecule has 0 spiro atoms. The summed E-state index contributed by atoms with van der Waals surface area (Å²) in [4.78, 5) is 2.56. The van der Waals surface area contributed by atoms with Crippen molar-refractivity contribution >= 4 is 15.9 Å². The van der Waals surface area contributed by atoms with Crippen LogP contribution in [-0.2, 0) is 0 Å². The van der Waals surface area contributed by atoms with E-state index >= 15 is 0 Å². The van der Waals surface area contributed by atoms with Crippen LogP contribution in [0, 0.1) is 0 Å². The van der Waals surface area contributed by atoms with Gasteiger partial charge in [0.15, 0.2) is 0 Å². The molecule has 0 rings (SSSR count). The summed E-state index contributed by atoms with van der Waals surface area (Å²) in [6.45, 7) is 9.27. The molecule has 0 aliphatic heterocycles. The Morgan fingerprint density at radius 2 is 2.00 bits per heavy atom. The number of hydrogen-bond acceptors (Lipinski definition) is 1. The highest BCUT2D eigenvalue weighted by atomic mass is 79.9. The molecular formula is C10H22BrN. The van der Waals surface area contributed by atoms with Crippen LogP contribution in [0.5, 0.6) is 0 Å². The van der Waals surface area contributed by atoms with Crippen molar-refractivity contribution < 1.29 is 0 Å². The Labute approximate surface area is 85.7 Å². The summed E-state index contributed by atoms with van der Waals surface area (Å²) < 4.78 is 0. The SMILES string of the molecule is CCCC(C)N(CC)CCCBr. The Kier molecular flexibility index (Phi) is 8.35. The van der Waals surface area contributed by atoms with Gasteiger partial charge in [0.05, 0.1) is 0 Å². The minimum absolute atomic E-state index is 0.763. The molecule has 0 amide bonds. The third-order valence-corrected chi connectivity index (χ3v) is 2.88. The van der Waals surface area contributed by atoms with E-state index in [0.717, 1.165) is 11.4 Å². The quantitative estimate of drug-likeness (QED) is 0.613. The van der Waals surface area contributed by atoms with E-state index in [2.05, 4.69) is 41.6 Å². The van der Waals surface area contributed by atoms with Crippen LogP contribution in [0.15, 0.2) is 0 Å². The largest absolute Gasteiger partial charge is 0.301 e. The van der Waals surface area contributed by atoms with Crippen LogP contribution in [0.25, 0.3) is 0 Å². The summed E-state index contributed by atoms with van der Waals surface area (Å²) >= 11 is 3.47. The second kappa shape index (κ2) is 8.06. The van der Waals surface area contributed by atoms with Crippen molar-refractivity contribution in [2.45, 2.75) is 46.1 Å². The fourth-order valence-electron chi connectivity index (χ4n) is 1.55. The van der Waals surface area contributed by atoms with E-state index in [1.807, 2.05) is 0 Å². The van der Waals surface area contributed by atoms with Gasteiger partial charge in [-0.15, -0.1) is 0 Å². The molecule has 0 N–H and O–H groups in total. The average molecular weight is 236 g/mol. The van der Waals surface area contributed by atoms with Crippen molar-refractivity contribution in [2.75, 3.05) is 18.4 Å². The van der Waals surface area contributed by atoms with Crippen molar-refractivity contribution in [2.24, 2.45) is 0 Å². The molecule has 0 bridgehead atoms. The van der Waals surface area contributed by atoms with E-state index in [1.165, 1.54) is 32.4 Å². The van der Waals surface area contributed by atoms with E-state index in [4.69, 9.17) is 0 Å². The molecule has 0 saturated carbocycles. The molecule has 12 heavy (non-hydrogen) atoms. The van der Waals surface area contributed by atoms with Gasteiger partial charge in [0.2, 0.25) is 0 Å². The maximum Gasteiger partial charge on any atom is 0.00667 e. The second-order valence-electron chi connectivity index (χ2n) is 3.31. The first-order valence-corrected chi connectivity index (χ1v) is 6.18. The van der Waals surface area contributed by atoms with Crippen LogP contribution in [-0.4, -0.2) is 29.4 Å². The molecule has 74 valence electrons. The van der Waals surface area contributed by atoms with Crippen LogP contribution in [0.2, 0.25) is 0 Å². The summed E-state index contributed by atoms with van der Waals surface area (Å²) in [5.74, 6) is 0. The van der Waals surface area contributed by atoms with Crippen molar-refractivity contribution in [3.05, 3.63) is 0 Å². The van der Waals surface area contributed by atoms with Gasteiger partial charge in [-0.3, -0.25) is 0 Å². The van der Waals surface area contributed by atoms with Gasteiger partial charge in [0.1, 0.15) is 0 Å². The zero-order chi connectivity index (χ0) is 9.40. The first-order chi connectivity index (χ1) is 5.76. The fraction of sp³-hybridized carbons (Fsp3) is 1.00. The van der Waals surface area contributed by atoms with E-state index in [0.29, 0.717) is 0 Å². The lowest BCUT2D eigenvalue weighted by Crippen LogP contribution is -2.33. The van der Waals surface area contributed by atoms with Gasteiger partial charge in [0.25, 0.3) is 0 Å². The van der Waals surface area contributed by atoms with E-state index in [1.54, 1.807) is 0 Å². The third kappa shape index (κ3) is 5.15. The molecule has 1 unspecified atom stereocenters. The first-order valence-electron chi connectivity index (χ1n) is 5.06. The number of nitrogens with zero attached hydrogens (tertiary/aromatic N) is 1. The predicted octanol–water partition coefficient (Wildman–Crippen LogP) is 3.28. The molecule has 2 heteroatoms. The maximum atomic E-state index is 3.47. The summed E-state index contributed by atoms with van der Waals surface area (Å²) in [6, 6.07) is 0.763. The van der Waals surface area contributed by atoms with Crippen LogP contribution >= 0.6 is 15.9 Å². The fourth-order valence-corrected chi connectivity index (χ4v) is 1.80. The molecule has 0 aromatic heterocycles. The van der Waals surface area contributed by atoms with E-state index < -0.39 is 0 Å². The molecule has 0 saturated heterocycles. The number of rotatable bonds is 7. The third-order valence-electron chi connectivity index (χ3n) is 2.31. The highest BCUT2D eigenvalue weighted by molar-refractivity contribution is 9.09. The molecule has 0 fully saturated rings. The molecule has 1 atom stereocenters. The lowest BCUT2D eigenvalue weighted by molar-refractivity contribution is 0.210. The van der Waals surface area contributed by atoms with Crippen molar-refractivity contribution in [3.8, 4) is 0 Å². The lowest BCUT2D eigenvalue weighted by Gasteiger charge is -2.27. The van der Waals surface area contributed by atoms with Gasteiger partial charge < -0.3 is 4.90 Å². The zero-order valence-corrected chi connectivity index (χ0v) is 10.2. The highest BCUT2D eigenvalue weighted by Gasteiger charge is 2.09. The van der Waals surface area contributed by atoms with E-state index in [-0.39, 0.29) is 0 Å². The van der Waals surface area contributed by atoms with E-state index in [9.17, 15) is 0 Å². The Hall–Kier alpha value is 0.440. The topological polar surface area (TPSA) is 3.24 Å². The summed E-state index contributed by atoms with van der Waals surface area (Å²) in [5, 5.41) is 1.13. The van der Waals surface area contributed by atoms with Crippen molar-refractivity contribution in [1.29, 1.82) is 0 Å². The summed E-state index contributed by atoms with van der Waals surface area (Å²) in [7, 11) is 0. The molecule has 0 aromatic rings. The molecular weight excluding hydrogens is 214 g/mol. The minimum Gasteiger partial charge on any atom is -0.301 e. The van der Waals surface area contributed by atoms with Crippen LogP contribution in [0.1, 0.15) is 40.0 Å². The van der Waals surface area contributed by atoms with Gasteiger partial charge in [-0.05, 0) is 32.9 Å². The normalized spacial score (nSPS) is 13.8. The van der Waals surface area contributed by atoms with Crippen LogP contribution in [0.3, 0.4) is 0 Å². The lowest BCUT2D eigenvalue weighted by atomic mass is 10.1. The second-order valence-corrected chi connectivity index (χ2v) is 4.10. The van der Waals surface area contributed by atoms with Crippen LogP contribution < -0.4 is 0 Å². The highest BCUT2D eigenvalue weighted by Crippen LogP contribution is 2.06. The Morgan fingerprint density at radius 3 is 2.42 bits per heavy atom. The number of halogens is 1. The van der Waals surface area contributed by atoms with Crippen molar-refractivity contribution in [3.63, 3.8) is 0 Å². The molecule has 0 aromatic carbocycles. The van der Waals surface area contributed by atoms with Crippen LogP contribution in [0.4, 0.5) is 0 Å². The summed E-state index contributed by atoms with van der Waals surface area (Å²) in [5.41, 5.74) is 0. The summed E-state index contributed by atoms with van der Waals surface area (Å²) in [6.07, 6.45) is 3.89. The Morgan fingerprint density at radius 1 is 1.33 bits per heavy atom.